The molecule has 0 N–H and O–H groups in total. The van der Waals surface area contributed by atoms with Crippen molar-refractivity contribution in [1.29, 1.82) is 0 Å². The lowest BCUT2D eigenvalue weighted by molar-refractivity contribution is 0.628. The zero-order valence-electron chi connectivity index (χ0n) is 45.7. The minimum Gasteiger partial charge on any atom is -0.307 e. The summed E-state index contributed by atoms with van der Waals surface area (Å²) in [4.78, 5) is 4.02. The first-order valence-corrected chi connectivity index (χ1v) is 27.8. The molecule has 14 rings (SSSR count). The summed E-state index contributed by atoms with van der Waals surface area (Å²) in [6.45, 7) is 8.89. The molecule has 0 aliphatic heterocycles. The number of halogens is 4. The fraction of sp³-hybridized carbons (Fsp3) is 0.0789. The normalized spacial score (nSPS) is 13.3. The third kappa shape index (κ3) is 8.07. The largest absolute Gasteiger partial charge is 0.307 e. The topological polar surface area (TPSA) is 6.48 Å². The molecule has 0 saturated heterocycles. The first kappa shape index (κ1) is 50.4. The van der Waals surface area contributed by atoms with Crippen molar-refractivity contribution in [2.75, 3.05) is 9.80 Å². The highest BCUT2D eigenvalue weighted by atomic mass is 19.1. The van der Waals surface area contributed by atoms with E-state index in [4.69, 9.17) is 0 Å². The van der Waals surface area contributed by atoms with E-state index in [2.05, 4.69) is 76.2 Å². The van der Waals surface area contributed by atoms with E-state index in [1.165, 1.54) is 24.3 Å². The molecule has 0 bridgehead atoms. The van der Waals surface area contributed by atoms with Gasteiger partial charge in [-0.3, -0.25) is 0 Å². The van der Waals surface area contributed by atoms with Gasteiger partial charge in [-0.1, -0.05) is 185 Å². The molecule has 82 heavy (non-hydrogen) atoms. The molecule has 0 unspecified atom stereocenters. The van der Waals surface area contributed by atoms with Crippen molar-refractivity contribution in [3.05, 3.63) is 300 Å². The van der Waals surface area contributed by atoms with Crippen LogP contribution in [0.5, 0.6) is 0 Å². The molecule has 396 valence electrons. The van der Waals surface area contributed by atoms with Gasteiger partial charge in [-0.15, -0.1) is 0 Å². The first-order valence-electron chi connectivity index (χ1n) is 27.8. The van der Waals surface area contributed by atoms with Crippen molar-refractivity contribution in [3.8, 4) is 66.8 Å². The summed E-state index contributed by atoms with van der Waals surface area (Å²) in [6, 6.07) is 81.1. The van der Waals surface area contributed by atoms with Crippen LogP contribution >= 0.6 is 0 Å². The van der Waals surface area contributed by atoms with E-state index in [-0.39, 0.29) is 23.3 Å². The van der Waals surface area contributed by atoms with Gasteiger partial charge in [-0.25, -0.2) is 17.6 Å². The highest BCUT2D eigenvalue weighted by molar-refractivity contribution is 6.17. The number of benzene rings is 12. The SMILES string of the molecule is CC1(C)c2cc(N(c3ccccc3)c3c(F)cccc3-c3ccccc3)ccc2-c2c1cc1c(-c3cccc(F)c3)c3c(cc1c2-c1cccc(F)c1)C(C)(C)c1cc(N(c2ccccc2)c2c(F)cccc2-c2ccccc2)ccc1-3. The van der Waals surface area contributed by atoms with Gasteiger partial charge in [0, 0.05) is 44.7 Å². The zero-order valence-corrected chi connectivity index (χ0v) is 45.7. The second-order valence-electron chi connectivity index (χ2n) is 22.5. The van der Waals surface area contributed by atoms with Crippen LogP contribution in [-0.4, -0.2) is 0 Å². The Balaban J connectivity index is 1.02. The van der Waals surface area contributed by atoms with Crippen molar-refractivity contribution < 1.29 is 17.6 Å². The summed E-state index contributed by atoms with van der Waals surface area (Å²) in [6.07, 6.45) is 0. The van der Waals surface area contributed by atoms with E-state index in [0.717, 1.165) is 111 Å². The quantitative estimate of drug-likeness (QED) is 0.126. The van der Waals surface area contributed by atoms with E-state index in [1.807, 2.05) is 155 Å². The monoisotopic (exact) mass is 1070 g/mol. The van der Waals surface area contributed by atoms with E-state index in [1.54, 1.807) is 36.4 Å². The second kappa shape index (κ2) is 19.5. The van der Waals surface area contributed by atoms with Crippen LogP contribution in [0.2, 0.25) is 0 Å². The van der Waals surface area contributed by atoms with Crippen LogP contribution in [0.4, 0.5) is 51.7 Å². The summed E-state index contributed by atoms with van der Waals surface area (Å²) in [7, 11) is 0. The van der Waals surface area contributed by atoms with E-state index >= 15 is 17.6 Å². The number of anilines is 6. The molecule has 0 spiro atoms. The van der Waals surface area contributed by atoms with Gasteiger partial charge in [0.05, 0.1) is 11.4 Å². The molecular weight excluding hydrogens is 1020 g/mol. The Morgan fingerprint density at radius 1 is 0.268 bits per heavy atom. The van der Waals surface area contributed by atoms with Crippen molar-refractivity contribution in [1.82, 2.24) is 0 Å². The smallest absolute Gasteiger partial charge is 0.147 e. The van der Waals surface area contributed by atoms with E-state index in [9.17, 15) is 0 Å². The Hall–Kier alpha value is -9.78. The third-order valence-electron chi connectivity index (χ3n) is 17.0. The molecule has 0 radical (unpaired) electrons. The van der Waals surface area contributed by atoms with Gasteiger partial charge in [0.2, 0.25) is 0 Å². The summed E-state index contributed by atoms with van der Waals surface area (Å²) in [5.41, 5.74) is 17.1. The molecule has 2 aliphatic rings. The number of hydrogen-bond donors (Lipinski definition) is 0. The van der Waals surface area contributed by atoms with Crippen LogP contribution in [0.1, 0.15) is 49.9 Å². The van der Waals surface area contributed by atoms with Crippen LogP contribution in [0.25, 0.3) is 77.5 Å². The lowest BCUT2D eigenvalue weighted by atomic mass is 9.76. The van der Waals surface area contributed by atoms with Gasteiger partial charge < -0.3 is 9.80 Å². The fourth-order valence-corrected chi connectivity index (χ4v) is 13.2. The van der Waals surface area contributed by atoms with Gasteiger partial charge in [-0.2, -0.15) is 0 Å². The number of hydrogen-bond acceptors (Lipinski definition) is 2. The number of nitrogens with zero attached hydrogens (tertiary/aromatic N) is 2. The lowest BCUT2D eigenvalue weighted by Crippen LogP contribution is -2.18. The highest BCUT2D eigenvalue weighted by Crippen LogP contribution is 2.61. The van der Waals surface area contributed by atoms with Crippen molar-refractivity contribution in [2.45, 2.75) is 38.5 Å². The predicted octanol–water partition coefficient (Wildman–Crippen LogP) is 21.6. The Labute approximate surface area is 475 Å². The standard InChI is InChI=1S/C76H54F4N2/c1-75(2)63-43-55(81(53-29-13-7-14-30-53)73-57(33-19-35-67(73)79)47-21-9-5-10-22-47)37-39-59(63)71-65(75)45-61-62(69(71)49-25-17-27-51(77)41-49)46-66-72(70(61)50-26-18-28-52(78)42-50)60-40-38-56(44-64(60)76(66,3)4)82(54-31-15-8-16-32-54)74-58(34-20-36-68(74)80)48-23-11-6-12-24-48/h5-46H,1-4H3. The van der Waals surface area contributed by atoms with E-state index < -0.39 is 10.8 Å². The molecule has 0 fully saturated rings. The third-order valence-corrected chi connectivity index (χ3v) is 17.0. The summed E-state index contributed by atoms with van der Waals surface area (Å²) in [5.74, 6) is -1.45. The minimum absolute atomic E-state index is 0.359. The molecule has 2 aliphatic carbocycles. The van der Waals surface area contributed by atoms with Gasteiger partial charge in [0.15, 0.2) is 0 Å². The molecule has 12 aromatic carbocycles. The molecule has 0 aromatic heterocycles. The molecule has 2 nitrogen and oxygen atoms in total. The fourth-order valence-electron chi connectivity index (χ4n) is 13.2. The molecule has 6 heteroatoms. The maximum absolute atomic E-state index is 16.9. The maximum atomic E-state index is 16.9. The minimum atomic E-state index is -0.659. The lowest BCUT2D eigenvalue weighted by Gasteiger charge is -2.30. The average molecular weight is 1070 g/mol. The Morgan fingerprint density at radius 2 is 0.622 bits per heavy atom. The second-order valence-corrected chi connectivity index (χ2v) is 22.5. The van der Waals surface area contributed by atoms with Crippen molar-refractivity contribution in [3.63, 3.8) is 0 Å². The molecular formula is C76H54F4N2. The average Bonchev–Trinajstić information content (AvgIpc) is 1.82. The zero-order chi connectivity index (χ0) is 56.0. The predicted molar refractivity (Wildman–Crippen MR) is 330 cm³/mol. The maximum Gasteiger partial charge on any atom is 0.147 e. The van der Waals surface area contributed by atoms with Gasteiger partial charge in [0.25, 0.3) is 0 Å². The molecule has 0 amide bonds. The van der Waals surface area contributed by atoms with E-state index in [0.29, 0.717) is 22.5 Å². The van der Waals surface area contributed by atoms with Crippen molar-refractivity contribution in [2.24, 2.45) is 0 Å². The van der Waals surface area contributed by atoms with Crippen LogP contribution < -0.4 is 9.80 Å². The Kier molecular flexibility index (Phi) is 12.0. The summed E-state index contributed by atoms with van der Waals surface area (Å²) < 4.78 is 65.7. The first-order chi connectivity index (χ1) is 39.9. The molecule has 0 heterocycles. The molecule has 0 atom stereocenters. The van der Waals surface area contributed by atoms with Gasteiger partial charge in [0.1, 0.15) is 23.3 Å². The molecule has 0 saturated carbocycles. The van der Waals surface area contributed by atoms with Crippen LogP contribution in [0, 0.1) is 23.3 Å². The van der Waals surface area contributed by atoms with Crippen LogP contribution in [-0.2, 0) is 10.8 Å². The number of para-hydroxylation sites is 4. The number of fused-ring (bicyclic) bond motifs is 7. The van der Waals surface area contributed by atoms with Crippen LogP contribution in [0.3, 0.4) is 0 Å². The number of rotatable bonds is 10. The van der Waals surface area contributed by atoms with Crippen LogP contribution in [0.15, 0.2) is 255 Å². The van der Waals surface area contributed by atoms with Crippen molar-refractivity contribution >= 4 is 44.9 Å². The van der Waals surface area contributed by atoms with Gasteiger partial charge in [-0.05, 0) is 186 Å². The Morgan fingerprint density at radius 3 is 1.00 bits per heavy atom. The summed E-state index contributed by atoms with van der Waals surface area (Å²) >= 11 is 0. The molecule has 12 aromatic rings. The van der Waals surface area contributed by atoms with Gasteiger partial charge >= 0.3 is 0 Å². The summed E-state index contributed by atoms with van der Waals surface area (Å²) in [5, 5.41) is 1.79. The highest BCUT2D eigenvalue weighted by Gasteiger charge is 2.43. The Bertz CT molecular complexity index is 4210.